The maximum absolute atomic E-state index is 13.9. The zero-order valence-electron chi connectivity index (χ0n) is 23.4. The van der Waals surface area contributed by atoms with Crippen molar-refractivity contribution in [2.75, 3.05) is 36.8 Å². The number of carbonyl (C=O) groups excluding carboxylic acids is 2. The Balaban J connectivity index is 1.36. The Bertz CT molecular complexity index is 1440. The van der Waals surface area contributed by atoms with Gasteiger partial charge in [-0.2, -0.15) is 0 Å². The number of benzene rings is 2. The van der Waals surface area contributed by atoms with Gasteiger partial charge in [-0.15, -0.1) is 0 Å². The predicted octanol–water partition coefficient (Wildman–Crippen LogP) is 2.80. The molecule has 3 aliphatic rings. The molecule has 10 heteroatoms. The quantitative estimate of drug-likeness (QED) is 0.555. The lowest BCUT2D eigenvalue weighted by Crippen LogP contribution is -2.58. The van der Waals surface area contributed by atoms with E-state index in [0.717, 1.165) is 28.1 Å². The van der Waals surface area contributed by atoms with Gasteiger partial charge < -0.3 is 20.7 Å². The second-order valence-corrected chi connectivity index (χ2v) is 13.7. The number of piperidine rings is 1. The Kier molecular flexibility index (Phi) is 7.43. The smallest absolute Gasteiger partial charge is 0.245 e. The summed E-state index contributed by atoms with van der Waals surface area (Å²) in [6.07, 6.45) is 5.54. The molecule has 3 aliphatic heterocycles. The minimum absolute atomic E-state index is 0.155. The largest absolute Gasteiger partial charge is 0.493 e. The van der Waals surface area contributed by atoms with E-state index in [0.29, 0.717) is 51.9 Å². The number of sulfonamides is 1. The summed E-state index contributed by atoms with van der Waals surface area (Å²) in [5.41, 5.74) is 8.29. The van der Waals surface area contributed by atoms with Crippen molar-refractivity contribution in [1.82, 2.24) is 10.2 Å². The van der Waals surface area contributed by atoms with Gasteiger partial charge in [-0.1, -0.05) is 48.0 Å². The molecule has 1 atom stereocenters. The first-order chi connectivity index (χ1) is 18.9. The van der Waals surface area contributed by atoms with Crippen LogP contribution in [0.1, 0.15) is 50.7 Å². The van der Waals surface area contributed by atoms with Crippen LogP contribution in [0, 0.1) is 0 Å². The summed E-state index contributed by atoms with van der Waals surface area (Å²) >= 11 is 0. The highest BCUT2D eigenvalue weighted by atomic mass is 32.2. The lowest BCUT2D eigenvalue weighted by atomic mass is 9.74. The lowest BCUT2D eigenvalue weighted by molar-refractivity contribution is -0.138. The van der Waals surface area contributed by atoms with E-state index >= 15 is 0 Å². The first-order valence-electron chi connectivity index (χ1n) is 13.7. The minimum Gasteiger partial charge on any atom is -0.493 e. The van der Waals surface area contributed by atoms with Crippen LogP contribution in [-0.2, 0) is 25.0 Å². The molecule has 2 aromatic rings. The molecule has 0 aliphatic carbocycles. The lowest BCUT2D eigenvalue weighted by Gasteiger charge is -2.41. The third-order valence-electron chi connectivity index (χ3n) is 8.24. The number of anilines is 1. The molecular formula is C30H38N4O5S. The van der Waals surface area contributed by atoms with Crippen molar-refractivity contribution in [3.8, 4) is 5.75 Å². The number of amides is 2. The molecule has 1 saturated heterocycles. The third-order valence-corrected chi connectivity index (χ3v) is 9.36. The zero-order chi connectivity index (χ0) is 28.7. The number of carbonyl (C=O) groups is 2. The number of para-hydroxylation sites is 2. The van der Waals surface area contributed by atoms with Crippen LogP contribution in [0.4, 0.5) is 5.69 Å². The number of ether oxygens (including phenoxy) is 1. The molecule has 2 amide bonds. The molecule has 0 bridgehead atoms. The highest BCUT2D eigenvalue weighted by Gasteiger charge is 2.48. The van der Waals surface area contributed by atoms with E-state index in [1.54, 1.807) is 18.7 Å². The predicted molar refractivity (Wildman–Crippen MR) is 155 cm³/mol. The number of likely N-dealkylation sites (tertiary alicyclic amines) is 1. The van der Waals surface area contributed by atoms with E-state index in [1.165, 1.54) is 10.6 Å². The first kappa shape index (κ1) is 28.2. The van der Waals surface area contributed by atoms with Crippen LogP contribution in [0.3, 0.4) is 0 Å². The number of hydrogen-bond donors (Lipinski definition) is 2. The molecular weight excluding hydrogens is 528 g/mol. The first-order valence-corrected chi connectivity index (χ1v) is 15.6. The third kappa shape index (κ3) is 5.60. The average molecular weight is 567 g/mol. The Morgan fingerprint density at radius 2 is 1.77 bits per heavy atom. The van der Waals surface area contributed by atoms with Gasteiger partial charge in [0.15, 0.2) is 0 Å². The maximum atomic E-state index is 13.9. The van der Waals surface area contributed by atoms with Crippen molar-refractivity contribution in [3.05, 3.63) is 65.2 Å². The van der Waals surface area contributed by atoms with Gasteiger partial charge in [-0.05, 0) is 50.8 Å². The Labute approximate surface area is 236 Å². The SMILES string of the molecule is CC(C)(N)C(=O)N[C@@H](CC1=Cc2ccccc2OCC1)C(=O)N1CCC2(CC1)CN(S(C)(=O)=O)c1ccccc12. The average Bonchev–Trinajstić information content (AvgIpc) is 3.08. The van der Waals surface area contributed by atoms with E-state index < -0.39 is 27.5 Å². The molecule has 3 N–H and O–H groups in total. The molecule has 5 rings (SSSR count). The van der Waals surface area contributed by atoms with Crippen LogP contribution < -0.4 is 20.1 Å². The highest BCUT2D eigenvalue weighted by molar-refractivity contribution is 7.92. The second-order valence-electron chi connectivity index (χ2n) is 11.8. The van der Waals surface area contributed by atoms with Crippen molar-refractivity contribution in [2.24, 2.45) is 5.73 Å². The summed E-state index contributed by atoms with van der Waals surface area (Å²) in [5, 5.41) is 2.93. The van der Waals surface area contributed by atoms with Gasteiger partial charge in [0.2, 0.25) is 21.8 Å². The monoisotopic (exact) mass is 566 g/mol. The molecule has 0 aromatic heterocycles. The number of nitrogens with two attached hydrogens (primary N) is 1. The van der Waals surface area contributed by atoms with Crippen LogP contribution in [0.5, 0.6) is 5.75 Å². The molecule has 0 saturated carbocycles. The second kappa shape index (κ2) is 10.6. The van der Waals surface area contributed by atoms with Crippen LogP contribution in [-0.4, -0.2) is 69.2 Å². The Morgan fingerprint density at radius 3 is 2.48 bits per heavy atom. The van der Waals surface area contributed by atoms with E-state index in [4.69, 9.17) is 10.5 Å². The van der Waals surface area contributed by atoms with Crippen LogP contribution in [0.15, 0.2) is 54.1 Å². The Morgan fingerprint density at radius 1 is 1.10 bits per heavy atom. The van der Waals surface area contributed by atoms with Gasteiger partial charge >= 0.3 is 0 Å². The van der Waals surface area contributed by atoms with E-state index in [2.05, 4.69) is 5.32 Å². The van der Waals surface area contributed by atoms with Gasteiger partial charge in [0.1, 0.15) is 11.8 Å². The molecule has 1 fully saturated rings. The standard InChI is InChI=1S/C30H38N4O5S/c1-29(2,31)28(36)32-24(19-21-12-17-39-26-11-7-4-8-22(26)18-21)27(35)33-15-13-30(14-16-33)20-34(40(3,37)38)25-10-6-5-9-23(25)30/h4-11,18,24H,12-17,19-20,31H2,1-3H3,(H,32,36)/t24-/m0/s1. The summed E-state index contributed by atoms with van der Waals surface area (Å²) in [6, 6.07) is 14.6. The van der Waals surface area contributed by atoms with E-state index in [1.807, 2.05) is 54.6 Å². The Hall–Kier alpha value is -3.37. The number of fused-ring (bicyclic) bond motifs is 3. The topological polar surface area (TPSA) is 122 Å². The summed E-state index contributed by atoms with van der Waals surface area (Å²) in [7, 11) is -3.43. The van der Waals surface area contributed by atoms with Crippen molar-refractivity contribution in [2.45, 2.75) is 56.5 Å². The number of nitrogens with zero attached hydrogens (tertiary/aromatic N) is 2. The molecule has 0 radical (unpaired) electrons. The fourth-order valence-electron chi connectivity index (χ4n) is 5.97. The summed E-state index contributed by atoms with van der Waals surface area (Å²) in [5.74, 6) is 0.255. The van der Waals surface area contributed by atoms with Gasteiger partial charge in [-0.25, -0.2) is 8.42 Å². The summed E-state index contributed by atoms with van der Waals surface area (Å²) in [6.45, 7) is 5.04. The number of nitrogens with one attached hydrogen (secondary N) is 1. The van der Waals surface area contributed by atoms with Crippen molar-refractivity contribution < 1.29 is 22.7 Å². The maximum Gasteiger partial charge on any atom is 0.245 e. The molecule has 9 nitrogen and oxygen atoms in total. The van der Waals surface area contributed by atoms with Gasteiger partial charge in [0, 0.05) is 37.0 Å². The molecule has 2 aromatic carbocycles. The minimum atomic E-state index is -3.43. The fourth-order valence-corrected chi connectivity index (χ4v) is 6.96. The molecule has 0 unspecified atom stereocenters. The van der Waals surface area contributed by atoms with Gasteiger partial charge in [-0.3, -0.25) is 13.9 Å². The molecule has 40 heavy (non-hydrogen) atoms. The van der Waals surface area contributed by atoms with Crippen LogP contribution in [0.2, 0.25) is 0 Å². The van der Waals surface area contributed by atoms with Crippen molar-refractivity contribution in [3.63, 3.8) is 0 Å². The highest BCUT2D eigenvalue weighted by Crippen LogP contribution is 2.47. The van der Waals surface area contributed by atoms with Crippen LogP contribution >= 0.6 is 0 Å². The van der Waals surface area contributed by atoms with Gasteiger partial charge in [0.25, 0.3) is 0 Å². The van der Waals surface area contributed by atoms with Crippen molar-refractivity contribution in [1.29, 1.82) is 0 Å². The molecule has 3 heterocycles. The normalized spacial score (nSPS) is 19.1. The van der Waals surface area contributed by atoms with Crippen LogP contribution in [0.25, 0.3) is 6.08 Å². The van der Waals surface area contributed by atoms with Crippen molar-refractivity contribution >= 4 is 33.6 Å². The molecule has 1 spiro atoms. The number of rotatable bonds is 6. The van der Waals surface area contributed by atoms with E-state index in [-0.39, 0.29) is 11.3 Å². The summed E-state index contributed by atoms with van der Waals surface area (Å²) < 4.78 is 32.5. The van der Waals surface area contributed by atoms with E-state index in [9.17, 15) is 18.0 Å². The zero-order valence-corrected chi connectivity index (χ0v) is 24.2. The molecule has 214 valence electrons. The fraction of sp³-hybridized carbons (Fsp3) is 0.467. The van der Waals surface area contributed by atoms with Gasteiger partial charge in [0.05, 0.1) is 24.1 Å². The summed E-state index contributed by atoms with van der Waals surface area (Å²) in [4.78, 5) is 28.7. The number of hydrogen-bond acceptors (Lipinski definition) is 6.